The van der Waals surface area contributed by atoms with Gasteiger partial charge in [0.1, 0.15) is 0 Å². The van der Waals surface area contributed by atoms with Crippen LogP contribution in [0.25, 0.3) is 0 Å². The van der Waals surface area contributed by atoms with Crippen LogP contribution in [0.5, 0.6) is 0 Å². The first-order valence-electron chi connectivity index (χ1n) is 10.8. The second-order valence-electron chi connectivity index (χ2n) is 8.26. The molecule has 2 aromatic rings. The Labute approximate surface area is 171 Å². The lowest BCUT2D eigenvalue weighted by molar-refractivity contribution is 0.342. The highest BCUT2D eigenvalue weighted by atomic mass is 14.9. The van der Waals surface area contributed by atoms with E-state index in [1.54, 1.807) is 0 Å². The maximum Gasteiger partial charge on any atom is 0.0119 e. The third-order valence-corrected chi connectivity index (χ3v) is 6.30. The molecule has 3 rings (SSSR count). The standard InChI is InChI=1S/C27H35N/c1-5-7-9-24-19-26(13-11-21(24)4)27(22-14-16-28-17-15-22)25-12-10-20(3)23(18-25)8-6-2/h5-6,10-13,18-19,22,27-28H,1-2,7-9,14-17H2,3-4H3. The Bertz CT molecular complexity index is 811. The maximum absolute atomic E-state index is 3.95. The molecule has 0 bridgehead atoms. The molecule has 1 heteroatoms. The molecule has 0 saturated carbocycles. The minimum Gasteiger partial charge on any atom is -0.317 e. The van der Waals surface area contributed by atoms with E-state index in [-0.39, 0.29) is 0 Å². The zero-order valence-electron chi connectivity index (χ0n) is 17.6. The monoisotopic (exact) mass is 373 g/mol. The van der Waals surface area contributed by atoms with Crippen molar-refractivity contribution in [3.05, 3.63) is 95.1 Å². The van der Waals surface area contributed by atoms with E-state index in [1.807, 2.05) is 12.2 Å². The molecule has 28 heavy (non-hydrogen) atoms. The minimum absolute atomic E-state index is 0.467. The molecular formula is C27H35N. The number of benzene rings is 2. The average molecular weight is 374 g/mol. The SMILES string of the molecule is C=CCCc1cc(C(c2ccc(C)c(CC=C)c2)C2CCNCC2)ccc1C. The molecule has 2 aromatic carbocycles. The molecule has 1 aliphatic rings. The average Bonchev–Trinajstić information content (AvgIpc) is 2.71. The molecule has 1 aliphatic heterocycles. The van der Waals surface area contributed by atoms with Gasteiger partial charge in [-0.05, 0) is 98.3 Å². The third kappa shape index (κ3) is 4.83. The highest BCUT2D eigenvalue weighted by Crippen LogP contribution is 2.38. The van der Waals surface area contributed by atoms with E-state index in [1.165, 1.54) is 46.2 Å². The summed E-state index contributed by atoms with van der Waals surface area (Å²) in [7, 11) is 0. The maximum atomic E-state index is 3.95. The van der Waals surface area contributed by atoms with Gasteiger partial charge in [-0.1, -0.05) is 48.6 Å². The first kappa shape index (κ1) is 20.6. The fourth-order valence-electron chi connectivity index (χ4n) is 4.59. The number of hydrogen-bond acceptors (Lipinski definition) is 1. The molecule has 148 valence electrons. The van der Waals surface area contributed by atoms with Crippen LogP contribution in [0.3, 0.4) is 0 Å². The van der Waals surface area contributed by atoms with Crippen LogP contribution in [0, 0.1) is 19.8 Å². The zero-order chi connectivity index (χ0) is 19.9. The lowest BCUT2D eigenvalue weighted by atomic mass is 9.75. The van der Waals surface area contributed by atoms with Crippen LogP contribution < -0.4 is 5.32 Å². The van der Waals surface area contributed by atoms with Crippen LogP contribution in [-0.2, 0) is 12.8 Å². The highest BCUT2D eigenvalue weighted by molar-refractivity contribution is 5.42. The summed E-state index contributed by atoms with van der Waals surface area (Å²) in [5, 5.41) is 3.54. The summed E-state index contributed by atoms with van der Waals surface area (Å²) in [6, 6.07) is 14.3. The number of piperidine rings is 1. The molecule has 1 nitrogen and oxygen atoms in total. The summed E-state index contributed by atoms with van der Waals surface area (Å²) in [6.07, 6.45) is 9.59. The Morgan fingerprint density at radius 1 is 0.929 bits per heavy atom. The van der Waals surface area contributed by atoms with Crippen molar-refractivity contribution in [2.75, 3.05) is 13.1 Å². The van der Waals surface area contributed by atoms with Crippen LogP contribution in [-0.4, -0.2) is 13.1 Å². The molecule has 1 atom stereocenters. The van der Waals surface area contributed by atoms with E-state index < -0.39 is 0 Å². The fraction of sp³-hybridized carbons (Fsp3) is 0.407. The van der Waals surface area contributed by atoms with Gasteiger partial charge >= 0.3 is 0 Å². The van der Waals surface area contributed by atoms with Gasteiger partial charge < -0.3 is 5.32 Å². The van der Waals surface area contributed by atoms with Crippen molar-refractivity contribution in [1.29, 1.82) is 0 Å². The lowest BCUT2D eigenvalue weighted by Gasteiger charge is -2.32. The van der Waals surface area contributed by atoms with E-state index in [2.05, 4.69) is 68.7 Å². The molecule has 0 aliphatic carbocycles. The molecule has 1 heterocycles. The first-order chi connectivity index (χ1) is 13.6. The van der Waals surface area contributed by atoms with Gasteiger partial charge in [0, 0.05) is 5.92 Å². The first-order valence-corrected chi connectivity index (χ1v) is 10.8. The number of rotatable bonds is 8. The van der Waals surface area contributed by atoms with Gasteiger partial charge in [-0.2, -0.15) is 0 Å². The van der Waals surface area contributed by atoms with Gasteiger partial charge in [-0.3, -0.25) is 0 Å². The summed E-state index contributed by atoms with van der Waals surface area (Å²) >= 11 is 0. The molecule has 0 aromatic heterocycles. The summed E-state index contributed by atoms with van der Waals surface area (Å²) in [5.41, 5.74) is 8.58. The predicted molar refractivity (Wildman–Crippen MR) is 122 cm³/mol. The third-order valence-electron chi connectivity index (χ3n) is 6.30. The van der Waals surface area contributed by atoms with E-state index in [4.69, 9.17) is 0 Å². The summed E-state index contributed by atoms with van der Waals surface area (Å²) < 4.78 is 0. The second kappa shape index (κ2) is 9.89. The highest BCUT2D eigenvalue weighted by Gasteiger charge is 2.27. The van der Waals surface area contributed by atoms with E-state index in [0.29, 0.717) is 11.8 Å². The summed E-state index contributed by atoms with van der Waals surface area (Å²) in [4.78, 5) is 0. The number of allylic oxidation sites excluding steroid dienone is 2. The molecule has 1 fully saturated rings. The lowest BCUT2D eigenvalue weighted by Crippen LogP contribution is -2.31. The smallest absolute Gasteiger partial charge is 0.0119 e. The van der Waals surface area contributed by atoms with Gasteiger partial charge in [-0.15, -0.1) is 13.2 Å². The summed E-state index contributed by atoms with van der Waals surface area (Å²) in [6.45, 7) is 14.6. The number of aryl methyl sites for hydroxylation is 3. The van der Waals surface area contributed by atoms with Gasteiger partial charge in [0.15, 0.2) is 0 Å². The van der Waals surface area contributed by atoms with Crippen molar-refractivity contribution in [1.82, 2.24) is 5.32 Å². The van der Waals surface area contributed by atoms with Gasteiger partial charge in [-0.25, -0.2) is 0 Å². The molecule has 1 N–H and O–H groups in total. The van der Waals surface area contributed by atoms with Gasteiger partial charge in [0.05, 0.1) is 0 Å². The largest absolute Gasteiger partial charge is 0.317 e. The topological polar surface area (TPSA) is 12.0 Å². The minimum atomic E-state index is 0.467. The molecule has 0 radical (unpaired) electrons. The van der Waals surface area contributed by atoms with Crippen LogP contribution in [0.15, 0.2) is 61.7 Å². The van der Waals surface area contributed by atoms with Gasteiger partial charge in [0.2, 0.25) is 0 Å². The van der Waals surface area contributed by atoms with E-state index >= 15 is 0 Å². The van der Waals surface area contributed by atoms with E-state index in [9.17, 15) is 0 Å². The van der Waals surface area contributed by atoms with Crippen molar-refractivity contribution < 1.29 is 0 Å². The van der Waals surface area contributed by atoms with Crippen molar-refractivity contribution in [3.63, 3.8) is 0 Å². The Morgan fingerprint density at radius 3 is 2.14 bits per heavy atom. The van der Waals surface area contributed by atoms with Crippen LogP contribution in [0.1, 0.15) is 58.6 Å². The van der Waals surface area contributed by atoms with Crippen molar-refractivity contribution in [2.45, 2.75) is 51.9 Å². The Morgan fingerprint density at radius 2 is 1.54 bits per heavy atom. The number of hydrogen-bond donors (Lipinski definition) is 1. The van der Waals surface area contributed by atoms with Crippen LogP contribution >= 0.6 is 0 Å². The Kier molecular flexibility index (Phi) is 7.28. The quantitative estimate of drug-likeness (QED) is 0.537. The van der Waals surface area contributed by atoms with Crippen molar-refractivity contribution in [2.24, 2.45) is 5.92 Å². The van der Waals surface area contributed by atoms with Gasteiger partial charge in [0.25, 0.3) is 0 Å². The van der Waals surface area contributed by atoms with Crippen molar-refractivity contribution in [3.8, 4) is 0 Å². The number of nitrogens with one attached hydrogen (secondary N) is 1. The summed E-state index contributed by atoms with van der Waals surface area (Å²) in [5.74, 6) is 1.16. The normalized spacial score (nSPS) is 15.9. The molecular weight excluding hydrogens is 338 g/mol. The van der Waals surface area contributed by atoms with Crippen molar-refractivity contribution >= 4 is 0 Å². The molecule has 0 amide bonds. The second-order valence-corrected chi connectivity index (χ2v) is 8.26. The van der Waals surface area contributed by atoms with Crippen LogP contribution in [0.4, 0.5) is 0 Å². The Balaban J connectivity index is 2.04. The molecule has 0 spiro atoms. The predicted octanol–water partition coefficient (Wildman–Crippen LogP) is 6.28. The molecule has 1 unspecified atom stereocenters. The van der Waals surface area contributed by atoms with Crippen LogP contribution in [0.2, 0.25) is 0 Å². The fourth-order valence-corrected chi connectivity index (χ4v) is 4.59. The van der Waals surface area contributed by atoms with E-state index in [0.717, 1.165) is 32.4 Å². The Hall–Kier alpha value is -2.12. The zero-order valence-corrected chi connectivity index (χ0v) is 17.6. The molecule has 1 saturated heterocycles.